The summed E-state index contributed by atoms with van der Waals surface area (Å²) in [5, 5.41) is 2.55. The first-order valence-corrected chi connectivity index (χ1v) is 13.0. The van der Waals surface area contributed by atoms with Crippen molar-refractivity contribution in [2.24, 2.45) is 0 Å². The van der Waals surface area contributed by atoms with Crippen LogP contribution in [0.2, 0.25) is 0 Å². The van der Waals surface area contributed by atoms with Gasteiger partial charge in [-0.3, -0.25) is 13.9 Å². The molecule has 0 bridgehead atoms. The van der Waals surface area contributed by atoms with Gasteiger partial charge in [0.15, 0.2) is 0 Å². The summed E-state index contributed by atoms with van der Waals surface area (Å²) in [4.78, 5) is 27.3. The Labute approximate surface area is 211 Å². The van der Waals surface area contributed by atoms with Crippen molar-refractivity contribution in [3.05, 3.63) is 95.8 Å². The van der Waals surface area contributed by atoms with E-state index >= 15 is 0 Å². The lowest BCUT2D eigenvalue weighted by Gasteiger charge is -2.31. The van der Waals surface area contributed by atoms with Gasteiger partial charge in [0.25, 0.3) is 10.0 Å². The molecular formula is C27H30FN3O4S. The van der Waals surface area contributed by atoms with E-state index in [1.165, 1.54) is 11.9 Å². The monoisotopic (exact) mass is 511 g/mol. The van der Waals surface area contributed by atoms with Crippen molar-refractivity contribution in [2.75, 3.05) is 24.4 Å². The van der Waals surface area contributed by atoms with Crippen LogP contribution in [0.1, 0.15) is 18.1 Å². The minimum absolute atomic E-state index is 0.146. The summed E-state index contributed by atoms with van der Waals surface area (Å²) in [5.41, 5.74) is 2.18. The number of hydrogen-bond acceptors (Lipinski definition) is 4. The standard InChI is InChI=1S/C27H30FN3O4S/c1-20-9-13-24(14-10-20)31(36(34,35)25-15-11-23(28)12-16-25)19-26(32)30(21(2)27(33)29-3)18-17-22-7-5-4-6-8-22/h4-16,21H,17-19H2,1-3H3,(H,29,33)/t21-/m0/s1. The third kappa shape index (κ3) is 6.48. The van der Waals surface area contributed by atoms with E-state index in [-0.39, 0.29) is 23.0 Å². The largest absolute Gasteiger partial charge is 0.357 e. The smallest absolute Gasteiger partial charge is 0.264 e. The number of halogens is 1. The second-order valence-electron chi connectivity index (χ2n) is 8.41. The fourth-order valence-corrected chi connectivity index (χ4v) is 5.17. The summed E-state index contributed by atoms with van der Waals surface area (Å²) in [6.07, 6.45) is 0.489. The van der Waals surface area contributed by atoms with Gasteiger partial charge in [-0.25, -0.2) is 12.8 Å². The van der Waals surface area contributed by atoms with Crippen molar-refractivity contribution in [2.45, 2.75) is 31.2 Å². The van der Waals surface area contributed by atoms with E-state index in [1.807, 2.05) is 37.3 Å². The van der Waals surface area contributed by atoms with Crippen LogP contribution in [0.15, 0.2) is 83.8 Å². The molecule has 0 unspecified atom stereocenters. The number of nitrogens with zero attached hydrogens (tertiary/aromatic N) is 2. The van der Waals surface area contributed by atoms with Crippen molar-refractivity contribution in [1.29, 1.82) is 0 Å². The molecule has 0 spiro atoms. The van der Waals surface area contributed by atoms with Gasteiger partial charge in [-0.2, -0.15) is 0 Å². The molecular weight excluding hydrogens is 481 g/mol. The summed E-state index contributed by atoms with van der Waals surface area (Å²) >= 11 is 0. The fourth-order valence-electron chi connectivity index (χ4n) is 3.75. The maximum atomic E-state index is 13.6. The zero-order chi connectivity index (χ0) is 26.3. The molecule has 7 nitrogen and oxygen atoms in total. The van der Waals surface area contributed by atoms with E-state index in [4.69, 9.17) is 0 Å². The molecule has 0 aliphatic rings. The van der Waals surface area contributed by atoms with Crippen LogP contribution < -0.4 is 9.62 Å². The average Bonchev–Trinajstić information content (AvgIpc) is 2.88. The molecule has 190 valence electrons. The van der Waals surface area contributed by atoms with E-state index in [2.05, 4.69) is 5.32 Å². The molecule has 9 heteroatoms. The molecule has 2 amide bonds. The predicted molar refractivity (Wildman–Crippen MR) is 137 cm³/mol. The Morgan fingerprint density at radius 2 is 1.56 bits per heavy atom. The fraction of sp³-hybridized carbons (Fsp3) is 0.259. The topological polar surface area (TPSA) is 86.8 Å². The second kappa shape index (κ2) is 11.8. The van der Waals surface area contributed by atoms with Gasteiger partial charge in [0, 0.05) is 13.6 Å². The molecule has 0 aliphatic heterocycles. The molecule has 1 atom stereocenters. The number of amides is 2. The summed E-state index contributed by atoms with van der Waals surface area (Å²) in [6.45, 7) is 3.16. The van der Waals surface area contributed by atoms with Gasteiger partial charge in [0.05, 0.1) is 10.6 Å². The van der Waals surface area contributed by atoms with Gasteiger partial charge in [-0.15, -0.1) is 0 Å². The van der Waals surface area contributed by atoms with Gasteiger partial charge in [0.1, 0.15) is 18.4 Å². The number of sulfonamides is 1. The van der Waals surface area contributed by atoms with E-state index in [9.17, 15) is 22.4 Å². The zero-order valence-electron chi connectivity index (χ0n) is 20.5. The maximum absolute atomic E-state index is 13.6. The number of aryl methyl sites for hydroxylation is 1. The van der Waals surface area contributed by atoms with Gasteiger partial charge in [0.2, 0.25) is 11.8 Å². The molecule has 36 heavy (non-hydrogen) atoms. The summed E-state index contributed by atoms with van der Waals surface area (Å²) in [6, 6.07) is 19.8. The molecule has 0 fully saturated rings. The van der Waals surface area contributed by atoms with Gasteiger partial charge < -0.3 is 10.2 Å². The van der Waals surface area contributed by atoms with Crippen LogP contribution in [-0.2, 0) is 26.0 Å². The first-order valence-electron chi connectivity index (χ1n) is 11.5. The van der Waals surface area contributed by atoms with Crippen molar-refractivity contribution < 1.29 is 22.4 Å². The first kappa shape index (κ1) is 26.9. The molecule has 0 aromatic heterocycles. The van der Waals surface area contributed by atoms with Gasteiger partial charge >= 0.3 is 0 Å². The lowest BCUT2D eigenvalue weighted by molar-refractivity contribution is -0.138. The van der Waals surface area contributed by atoms with Crippen LogP contribution in [-0.4, -0.2) is 51.3 Å². The van der Waals surface area contributed by atoms with Gasteiger partial charge in [-0.1, -0.05) is 48.0 Å². The van der Waals surface area contributed by atoms with Crippen LogP contribution >= 0.6 is 0 Å². The number of benzene rings is 3. The molecule has 0 saturated heterocycles. The normalized spacial score (nSPS) is 12.0. The van der Waals surface area contributed by atoms with Crippen molar-refractivity contribution in [3.8, 4) is 0 Å². The van der Waals surface area contributed by atoms with Crippen LogP contribution in [0.5, 0.6) is 0 Å². The van der Waals surface area contributed by atoms with E-state index in [0.717, 1.165) is 39.7 Å². The lowest BCUT2D eigenvalue weighted by Crippen LogP contribution is -2.51. The highest BCUT2D eigenvalue weighted by atomic mass is 32.2. The van der Waals surface area contributed by atoms with Crippen LogP contribution in [0.4, 0.5) is 10.1 Å². The Bertz CT molecular complexity index is 1280. The Hall–Kier alpha value is -3.72. The Kier molecular flexibility index (Phi) is 8.82. The summed E-state index contributed by atoms with van der Waals surface area (Å²) in [5.74, 6) is -1.47. The number of carbonyl (C=O) groups excluding carboxylic acids is 2. The van der Waals surface area contributed by atoms with Crippen molar-refractivity contribution >= 4 is 27.5 Å². The molecule has 0 radical (unpaired) electrons. The number of hydrogen-bond donors (Lipinski definition) is 1. The Morgan fingerprint density at radius 3 is 2.14 bits per heavy atom. The lowest BCUT2D eigenvalue weighted by atomic mass is 10.1. The van der Waals surface area contributed by atoms with Crippen molar-refractivity contribution in [3.63, 3.8) is 0 Å². The summed E-state index contributed by atoms with van der Waals surface area (Å²) < 4.78 is 41.6. The molecule has 0 aliphatic carbocycles. The number of likely N-dealkylation sites (N-methyl/N-ethyl adjacent to an activating group) is 1. The van der Waals surface area contributed by atoms with Crippen molar-refractivity contribution in [1.82, 2.24) is 10.2 Å². The third-order valence-electron chi connectivity index (χ3n) is 5.90. The molecule has 0 heterocycles. The van der Waals surface area contributed by atoms with E-state index < -0.39 is 34.3 Å². The minimum atomic E-state index is -4.21. The highest BCUT2D eigenvalue weighted by Gasteiger charge is 2.32. The summed E-state index contributed by atoms with van der Waals surface area (Å²) in [7, 11) is -2.73. The number of rotatable bonds is 10. The highest BCUT2D eigenvalue weighted by molar-refractivity contribution is 7.92. The molecule has 3 rings (SSSR count). The number of anilines is 1. The maximum Gasteiger partial charge on any atom is 0.264 e. The van der Waals surface area contributed by atoms with Crippen LogP contribution in [0.3, 0.4) is 0 Å². The third-order valence-corrected chi connectivity index (χ3v) is 7.69. The Balaban J connectivity index is 1.96. The van der Waals surface area contributed by atoms with E-state index in [1.54, 1.807) is 31.2 Å². The molecule has 0 saturated carbocycles. The van der Waals surface area contributed by atoms with Crippen LogP contribution in [0, 0.1) is 12.7 Å². The average molecular weight is 512 g/mol. The first-order chi connectivity index (χ1) is 17.1. The zero-order valence-corrected chi connectivity index (χ0v) is 21.3. The second-order valence-corrected chi connectivity index (χ2v) is 10.3. The number of carbonyl (C=O) groups is 2. The SMILES string of the molecule is CNC(=O)[C@H](C)N(CCc1ccccc1)C(=O)CN(c1ccc(C)cc1)S(=O)(=O)c1ccc(F)cc1. The molecule has 1 N–H and O–H groups in total. The number of nitrogens with one attached hydrogen (secondary N) is 1. The van der Waals surface area contributed by atoms with E-state index in [0.29, 0.717) is 6.42 Å². The predicted octanol–water partition coefficient (Wildman–Crippen LogP) is 3.54. The Morgan fingerprint density at radius 1 is 0.944 bits per heavy atom. The molecule has 3 aromatic rings. The quantitative estimate of drug-likeness (QED) is 0.451. The highest BCUT2D eigenvalue weighted by Crippen LogP contribution is 2.25. The van der Waals surface area contributed by atoms with Crippen LogP contribution in [0.25, 0.3) is 0 Å². The molecule has 3 aromatic carbocycles. The minimum Gasteiger partial charge on any atom is -0.357 e. The van der Waals surface area contributed by atoms with Gasteiger partial charge in [-0.05, 0) is 62.2 Å².